The molecule has 0 spiro atoms. The molecule has 1 aromatic heterocycles. The van der Waals surface area contributed by atoms with Crippen molar-refractivity contribution in [1.82, 2.24) is 10.3 Å². The molecule has 4 rings (SSSR count). The number of hydrogen-bond acceptors (Lipinski definition) is 6. The van der Waals surface area contributed by atoms with Gasteiger partial charge in [-0.05, 0) is 80.6 Å². The number of aromatic nitrogens is 1. The zero-order valence-corrected chi connectivity index (χ0v) is 22.6. The fraction of sp³-hybridized carbons (Fsp3) is 0.500. The number of halogens is 3. The summed E-state index contributed by atoms with van der Waals surface area (Å²) in [6, 6.07) is 6.66. The van der Waals surface area contributed by atoms with Gasteiger partial charge in [0.2, 0.25) is 0 Å². The van der Waals surface area contributed by atoms with Gasteiger partial charge in [0, 0.05) is 41.2 Å². The minimum absolute atomic E-state index is 0.0667. The fourth-order valence-electron chi connectivity index (χ4n) is 4.57. The van der Waals surface area contributed by atoms with Gasteiger partial charge in [0.15, 0.2) is 9.84 Å². The molecule has 2 aliphatic rings. The summed E-state index contributed by atoms with van der Waals surface area (Å²) in [7, 11) is -3.22. The van der Waals surface area contributed by atoms with Crippen molar-refractivity contribution in [3.8, 4) is 11.1 Å². The second-order valence-corrected chi connectivity index (χ2v) is 13.1. The third-order valence-corrected chi connectivity index (χ3v) is 10.2. The topological polar surface area (TPSA) is 85.4 Å². The van der Waals surface area contributed by atoms with E-state index in [2.05, 4.69) is 16.9 Å². The third-order valence-electron chi connectivity index (χ3n) is 6.52. The number of hydrogen-bond donors (Lipinski definition) is 1. The summed E-state index contributed by atoms with van der Waals surface area (Å²) in [5.74, 6) is 1.13. The normalized spacial score (nSPS) is 24.1. The number of benzene rings is 1. The fourth-order valence-corrected chi connectivity index (χ4v) is 7.84. The smallest absolute Gasteiger partial charge is 0.394 e. The first-order valence-electron chi connectivity index (χ1n) is 12.1. The van der Waals surface area contributed by atoms with E-state index in [1.165, 1.54) is 12.3 Å². The molecule has 1 saturated heterocycles. The minimum Gasteiger partial charge on any atom is -0.394 e. The summed E-state index contributed by atoms with van der Waals surface area (Å²) >= 11 is 0. The summed E-state index contributed by atoms with van der Waals surface area (Å²) in [5.41, 5.74) is 0.335. The van der Waals surface area contributed by atoms with E-state index in [0.717, 1.165) is 12.1 Å². The first-order valence-corrected chi connectivity index (χ1v) is 15.2. The van der Waals surface area contributed by atoms with Crippen molar-refractivity contribution in [2.45, 2.75) is 67.6 Å². The average molecular weight is 559 g/mol. The van der Waals surface area contributed by atoms with Gasteiger partial charge in [0.1, 0.15) is 0 Å². The van der Waals surface area contributed by atoms with Gasteiger partial charge in [-0.3, -0.25) is 9.19 Å². The molecule has 0 radical (unpaired) electrons. The van der Waals surface area contributed by atoms with E-state index in [4.69, 9.17) is 4.74 Å². The molecule has 1 aliphatic carbocycles. The molecule has 1 saturated carbocycles. The van der Waals surface area contributed by atoms with Crippen LogP contribution in [-0.4, -0.2) is 53.6 Å². The maximum Gasteiger partial charge on any atom is 0.417 e. The van der Waals surface area contributed by atoms with Crippen LogP contribution < -0.4 is 5.32 Å². The number of ether oxygens (including phenoxy) is 1. The molecule has 0 bridgehead atoms. The van der Waals surface area contributed by atoms with Crippen LogP contribution in [-0.2, 0) is 31.5 Å². The molecule has 2 fully saturated rings. The second kappa shape index (κ2) is 12.5. The van der Waals surface area contributed by atoms with Gasteiger partial charge in [0.05, 0.1) is 27.9 Å². The van der Waals surface area contributed by atoms with E-state index in [1.54, 1.807) is 25.3 Å². The Morgan fingerprint density at radius 1 is 1.08 bits per heavy atom. The molecular formula is C26H33F3N2O4S2. The molecule has 2 atom stereocenters. The summed E-state index contributed by atoms with van der Waals surface area (Å²) < 4.78 is 85.9. The monoisotopic (exact) mass is 558 g/mol. The summed E-state index contributed by atoms with van der Waals surface area (Å²) in [5, 5.41) is 1.77. The van der Waals surface area contributed by atoms with Gasteiger partial charge in [-0.25, -0.2) is 8.42 Å². The second-order valence-electron chi connectivity index (χ2n) is 9.17. The standard InChI is InChI=1S/C23H26F3NO4S2.C3H7N/c1-15-12-17(6-9-27-15)16-2-5-22(21(13-16)23(24,25)26)33(29,30)20-4-3-19(14-20)31-18-7-10-32(28)11-8-18;1-3-4-2/h2,5-6,9,12-13,18-20H,3-4,7-8,10-11,14H2,1H3;3-4H,1H2,2H3/t18?,19-,20+,32?;/m0./s1. The largest absolute Gasteiger partial charge is 0.417 e. The van der Waals surface area contributed by atoms with E-state index < -0.39 is 42.5 Å². The first kappa shape index (κ1) is 29.3. The van der Waals surface area contributed by atoms with Crippen molar-refractivity contribution in [2.75, 3.05) is 18.6 Å². The highest BCUT2D eigenvalue weighted by Gasteiger charge is 2.43. The Morgan fingerprint density at radius 2 is 1.73 bits per heavy atom. The Balaban J connectivity index is 0.000000886. The van der Waals surface area contributed by atoms with Crippen LogP contribution in [0.2, 0.25) is 0 Å². The van der Waals surface area contributed by atoms with Crippen LogP contribution in [0.5, 0.6) is 0 Å². The molecule has 0 unspecified atom stereocenters. The Bertz CT molecular complexity index is 1210. The van der Waals surface area contributed by atoms with Gasteiger partial charge in [-0.2, -0.15) is 13.2 Å². The van der Waals surface area contributed by atoms with Crippen molar-refractivity contribution in [2.24, 2.45) is 0 Å². The van der Waals surface area contributed by atoms with Crippen LogP contribution in [0.3, 0.4) is 0 Å². The van der Waals surface area contributed by atoms with E-state index in [0.29, 0.717) is 42.0 Å². The highest BCUT2D eigenvalue weighted by atomic mass is 32.2. The van der Waals surface area contributed by atoms with Gasteiger partial charge >= 0.3 is 6.18 Å². The molecule has 37 heavy (non-hydrogen) atoms. The number of aryl methyl sites for hydroxylation is 1. The SMILES string of the molecule is C=CNC.Cc1cc(-c2ccc(S(=O)(=O)[C@@H]3CC[C@H](OC4CCS(=O)CC4)C3)c(C(F)(F)F)c2)ccn1. The Hall–Kier alpha value is -2.24. The van der Waals surface area contributed by atoms with Crippen molar-refractivity contribution in [3.05, 3.63) is 60.6 Å². The summed E-state index contributed by atoms with van der Waals surface area (Å²) in [6.45, 7) is 5.10. The minimum atomic E-state index is -4.81. The molecule has 6 nitrogen and oxygen atoms in total. The highest BCUT2D eigenvalue weighted by molar-refractivity contribution is 7.92. The number of nitrogens with zero attached hydrogens (tertiary/aromatic N) is 1. The Kier molecular flexibility index (Phi) is 9.93. The lowest BCUT2D eigenvalue weighted by atomic mass is 10.0. The maximum atomic E-state index is 13.9. The van der Waals surface area contributed by atoms with Crippen molar-refractivity contribution < 1.29 is 30.5 Å². The molecular weight excluding hydrogens is 525 g/mol. The van der Waals surface area contributed by atoms with E-state index >= 15 is 0 Å². The lowest BCUT2D eigenvalue weighted by Gasteiger charge is -2.25. The number of pyridine rings is 1. The predicted octanol–water partition coefficient (Wildman–Crippen LogP) is 5.05. The quantitative estimate of drug-likeness (QED) is 0.534. The lowest BCUT2D eigenvalue weighted by molar-refractivity contribution is -0.139. The molecule has 1 aliphatic heterocycles. The van der Waals surface area contributed by atoms with Gasteiger partial charge in [-0.15, -0.1) is 0 Å². The molecule has 11 heteroatoms. The van der Waals surface area contributed by atoms with Crippen molar-refractivity contribution in [1.29, 1.82) is 0 Å². The molecule has 1 aromatic carbocycles. The van der Waals surface area contributed by atoms with Crippen LogP contribution >= 0.6 is 0 Å². The van der Waals surface area contributed by atoms with E-state index in [1.807, 2.05) is 7.05 Å². The van der Waals surface area contributed by atoms with E-state index in [9.17, 15) is 25.8 Å². The average Bonchev–Trinajstić information content (AvgIpc) is 3.34. The third kappa shape index (κ3) is 7.64. The summed E-state index contributed by atoms with van der Waals surface area (Å²) in [6.07, 6.45) is 0.178. The van der Waals surface area contributed by atoms with Gasteiger partial charge in [0.25, 0.3) is 0 Å². The Morgan fingerprint density at radius 3 is 2.32 bits per heavy atom. The number of nitrogens with one attached hydrogen (secondary N) is 1. The van der Waals surface area contributed by atoms with Crippen LogP contribution in [0.1, 0.15) is 43.4 Å². The zero-order valence-electron chi connectivity index (χ0n) is 21.0. The van der Waals surface area contributed by atoms with Crippen LogP contribution in [0, 0.1) is 6.92 Å². The molecule has 2 aromatic rings. The van der Waals surface area contributed by atoms with Gasteiger partial charge in [-0.1, -0.05) is 12.6 Å². The van der Waals surface area contributed by atoms with Crippen LogP contribution in [0.15, 0.2) is 54.2 Å². The zero-order chi connectivity index (χ0) is 27.2. The van der Waals surface area contributed by atoms with Crippen LogP contribution in [0.4, 0.5) is 13.2 Å². The predicted molar refractivity (Wildman–Crippen MR) is 139 cm³/mol. The molecule has 2 heterocycles. The molecule has 204 valence electrons. The van der Waals surface area contributed by atoms with Gasteiger partial charge < -0.3 is 10.1 Å². The number of sulfone groups is 1. The number of rotatable bonds is 6. The van der Waals surface area contributed by atoms with Crippen molar-refractivity contribution in [3.63, 3.8) is 0 Å². The lowest BCUT2D eigenvalue weighted by Crippen LogP contribution is -2.29. The van der Waals surface area contributed by atoms with E-state index in [-0.39, 0.29) is 30.6 Å². The summed E-state index contributed by atoms with van der Waals surface area (Å²) in [4.78, 5) is 3.38. The Labute approximate surface area is 219 Å². The van der Waals surface area contributed by atoms with Crippen molar-refractivity contribution >= 4 is 20.6 Å². The molecule has 1 N–H and O–H groups in total. The van der Waals surface area contributed by atoms with Crippen LogP contribution in [0.25, 0.3) is 11.1 Å². The highest BCUT2D eigenvalue weighted by Crippen LogP contribution is 2.41. The first-order chi connectivity index (χ1) is 17.5. The number of alkyl halides is 3. The maximum absolute atomic E-state index is 13.9. The molecule has 0 amide bonds.